The second kappa shape index (κ2) is 2.38. The molecule has 0 aromatic carbocycles. The smallest absolute Gasteiger partial charge is 0.272 e. The number of hydrogen-bond donors (Lipinski definition) is 0. The van der Waals surface area contributed by atoms with Crippen LogP contribution in [0.3, 0.4) is 0 Å². The van der Waals surface area contributed by atoms with Gasteiger partial charge in [-0.3, -0.25) is 4.84 Å². The van der Waals surface area contributed by atoms with Crippen LogP contribution < -0.4 is 0 Å². The summed E-state index contributed by atoms with van der Waals surface area (Å²) in [7, 11) is 1.19. The standard InChI is InChI=1S/C6H7F2NO/c1-10-9-5-3-2-4-6(9,7)8/h2-5H,1H3. The predicted octanol–water partition coefficient (Wildman–Crippen LogP) is 1.53. The van der Waals surface area contributed by atoms with Gasteiger partial charge >= 0.3 is 6.05 Å². The first-order chi connectivity index (χ1) is 4.67. The van der Waals surface area contributed by atoms with Crippen molar-refractivity contribution in [3.8, 4) is 0 Å². The molecule has 0 spiro atoms. The molecule has 0 saturated heterocycles. The Hall–Kier alpha value is -0.900. The van der Waals surface area contributed by atoms with Gasteiger partial charge in [0.15, 0.2) is 0 Å². The molecule has 0 aromatic rings. The van der Waals surface area contributed by atoms with E-state index in [4.69, 9.17) is 0 Å². The molecule has 1 rings (SSSR count). The fourth-order valence-corrected chi connectivity index (χ4v) is 0.655. The van der Waals surface area contributed by atoms with Crippen LogP contribution in [0.15, 0.2) is 24.4 Å². The number of nitrogens with zero attached hydrogens (tertiary/aromatic N) is 1. The number of allylic oxidation sites excluding steroid dienone is 2. The zero-order chi connectivity index (χ0) is 7.61. The number of hydrogen-bond acceptors (Lipinski definition) is 2. The molecule has 0 aliphatic carbocycles. The van der Waals surface area contributed by atoms with Crippen LogP contribution in [0.1, 0.15) is 0 Å². The van der Waals surface area contributed by atoms with Gasteiger partial charge in [0.2, 0.25) is 0 Å². The van der Waals surface area contributed by atoms with Crippen LogP contribution in [-0.2, 0) is 4.84 Å². The van der Waals surface area contributed by atoms with Gasteiger partial charge < -0.3 is 0 Å². The monoisotopic (exact) mass is 147 g/mol. The van der Waals surface area contributed by atoms with Crippen molar-refractivity contribution >= 4 is 0 Å². The maximum atomic E-state index is 12.5. The van der Waals surface area contributed by atoms with Crippen molar-refractivity contribution < 1.29 is 13.6 Å². The third kappa shape index (κ3) is 1.16. The minimum atomic E-state index is -3.01. The Balaban J connectivity index is 2.74. The molecule has 0 radical (unpaired) electrons. The van der Waals surface area contributed by atoms with Crippen LogP contribution in [-0.4, -0.2) is 18.2 Å². The van der Waals surface area contributed by atoms with Crippen LogP contribution in [0.2, 0.25) is 0 Å². The van der Waals surface area contributed by atoms with Crippen molar-refractivity contribution in [1.29, 1.82) is 0 Å². The third-order valence-corrected chi connectivity index (χ3v) is 1.12. The molecule has 0 saturated carbocycles. The lowest BCUT2D eigenvalue weighted by Crippen LogP contribution is -2.35. The fourth-order valence-electron chi connectivity index (χ4n) is 0.655. The normalized spacial score (nSPS) is 21.7. The van der Waals surface area contributed by atoms with E-state index in [1.807, 2.05) is 0 Å². The molecule has 1 heterocycles. The minimum Gasteiger partial charge on any atom is -0.272 e. The van der Waals surface area contributed by atoms with Crippen LogP contribution in [0.5, 0.6) is 0 Å². The van der Waals surface area contributed by atoms with E-state index in [2.05, 4.69) is 4.84 Å². The quantitative estimate of drug-likeness (QED) is 0.521. The van der Waals surface area contributed by atoms with Crippen LogP contribution in [0.25, 0.3) is 0 Å². The molecule has 56 valence electrons. The van der Waals surface area contributed by atoms with Gasteiger partial charge in [-0.15, -0.1) is 0 Å². The lowest BCUT2D eigenvalue weighted by atomic mass is 10.3. The van der Waals surface area contributed by atoms with Gasteiger partial charge in [-0.05, 0) is 6.08 Å². The van der Waals surface area contributed by atoms with Crippen molar-refractivity contribution in [3.63, 3.8) is 0 Å². The number of halogens is 2. The molecule has 0 atom stereocenters. The Bertz CT molecular complexity index is 177. The highest BCUT2D eigenvalue weighted by molar-refractivity contribution is 5.11. The van der Waals surface area contributed by atoms with Crippen molar-refractivity contribution in [2.45, 2.75) is 6.05 Å². The van der Waals surface area contributed by atoms with Crippen molar-refractivity contribution in [1.82, 2.24) is 5.06 Å². The molecule has 4 heteroatoms. The topological polar surface area (TPSA) is 12.5 Å². The van der Waals surface area contributed by atoms with E-state index in [9.17, 15) is 8.78 Å². The number of hydroxylamine groups is 2. The minimum absolute atomic E-state index is 0.479. The highest BCUT2D eigenvalue weighted by Gasteiger charge is 2.33. The average molecular weight is 147 g/mol. The summed E-state index contributed by atoms with van der Waals surface area (Å²) in [6.45, 7) is 0. The zero-order valence-electron chi connectivity index (χ0n) is 5.42. The molecule has 0 fully saturated rings. The van der Waals surface area contributed by atoms with Gasteiger partial charge in [-0.2, -0.15) is 13.8 Å². The van der Waals surface area contributed by atoms with Gasteiger partial charge in [0.05, 0.1) is 7.11 Å². The van der Waals surface area contributed by atoms with E-state index >= 15 is 0 Å². The summed E-state index contributed by atoms with van der Waals surface area (Å²) in [5.74, 6) is 0. The molecular formula is C6H7F2NO. The number of alkyl halides is 2. The zero-order valence-corrected chi connectivity index (χ0v) is 5.42. The molecule has 0 bridgehead atoms. The second-order valence-electron chi connectivity index (χ2n) is 1.80. The first kappa shape index (κ1) is 7.21. The summed E-state index contributed by atoms with van der Waals surface area (Å²) in [6.07, 6.45) is 4.67. The molecule has 0 amide bonds. The van der Waals surface area contributed by atoms with Crippen LogP contribution in [0.4, 0.5) is 8.78 Å². The Morgan fingerprint density at radius 3 is 2.50 bits per heavy atom. The molecule has 1 aliphatic heterocycles. The second-order valence-corrected chi connectivity index (χ2v) is 1.80. The molecule has 1 aliphatic rings. The maximum absolute atomic E-state index is 12.5. The molecule has 0 aromatic heterocycles. The average Bonchev–Trinajstić information content (AvgIpc) is 1.87. The molecule has 0 N–H and O–H groups in total. The Labute approximate surface area is 57.3 Å². The summed E-state index contributed by atoms with van der Waals surface area (Å²) in [4.78, 5) is 4.35. The summed E-state index contributed by atoms with van der Waals surface area (Å²) in [5, 5.41) is 0.479. The highest BCUT2D eigenvalue weighted by Crippen LogP contribution is 2.24. The third-order valence-electron chi connectivity index (χ3n) is 1.12. The van der Waals surface area contributed by atoms with E-state index in [1.54, 1.807) is 0 Å². The van der Waals surface area contributed by atoms with Crippen LogP contribution >= 0.6 is 0 Å². The first-order valence-corrected chi connectivity index (χ1v) is 2.74. The predicted molar refractivity (Wildman–Crippen MR) is 32.1 cm³/mol. The maximum Gasteiger partial charge on any atom is 0.367 e. The van der Waals surface area contributed by atoms with E-state index in [0.29, 0.717) is 5.06 Å². The van der Waals surface area contributed by atoms with E-state index in [0.717, 1.165) is 6.08 Å². The Kier molecular flexibility index (Phi) is 1.72. The van der Waals surface area contributed by atoms with E-state index < -0.39 is 6.05 Å². The lowest BCUT2D eigenvalue weighted by Gasteiger charge is -2.26. The van der Waals surface area contributed by atoms with Gasteiger partial charge in [0, 0.05) is 12.3 Å². The summed E-state index contributed by atoms with van der Waals surface area (Å²) in [6, 6.07) is -3.01. The Morgan fingerprint density at radius 1 is 1.40 bits per heavy atom. The van der Waals surface area contributed by atoms with E-state index in [1.165, 1.54) is 25.5 Å². The summed E-state index contributed by atoms with van der Waals surface area (Å²) < 4.78 is 25.1. The molecular weight excluding hydrogens is 140 g/mol. The number of rotatable bonds is 1. The SMILES string of the molecule is CON1C=CC=CC1(F)F. The summed E-state index contributed by atoms with van der Waals surface area (Å²) in [5.41, 5.74) is 0. The van der Waals surface area contributed by atoms with Gasteiger partial charge in [-0.1, -0.05) is 6.08 Å². The van der Waals surface area contributed by atoms with Crippen molar-refractivity contribution in [3.05, 3.63) is 24.4 Å². The fraction of sp³-hybridized carbons (Fsp3) is 0.333. The van der Waals surface area contributed by atoms with Gasteiger partial charge in [0.25, 0.3) is 0 Å². The lowest BCUT2D eigenvalue weighted by molar-refractivity contribution is -0.249. The Morgan fingerprint density at radius 2 is 2.10 bits per heavy atom. The summed E-state index contributed by atoms with van der Waals surface area (Å²) >= 11 is 0. The van der Waals surface area contributed by atoms with Gasteiger partial charge in [-0.25, -0.2) is 0 Å². The molecule has 2 nitrogen and oxygen atoms in total. The van der Waals surface area contributed by atoms with Crippen molar-refractivity contribution in [2.75, 3.05) is 7.11 Å². The largest absolute Gasteiger partial charge is 0.367 e. The van der Waals surface area contributed by atoms with E-state index in [-0.39, 0.29) is 0 Å². The van der Waals surface area contributed by atoms with Gasteiger partial charge in [0.1, 0.15) is 0 Å². The van der Waals surface area contributed by atoms with Crippen molar-refractivity contribution in [2.24, 2.45) is 0 Å². The molecule has 0 unspecified atom stereocenters. The molecule has 10 heavy (non-hydrogen) atoms. The van der Waals surface area contributed by atoms with Crippen LogP contribution in [0, 0.1) is 0 Å². The first-order valence-electron chi connectivity index (χ1n) is 2.74. The highest BCUT2D eigenvalue weighted by atomic mass is 19.3.